The minimum absolute atomic E-state index is 0.0186. The molecule has 1 heterocycles. The molecule has 0 atom stereocenters. The molecule has 9 heteroatoms. The Morgan fingerprint density at radius 3 is 2.45 bits per heavy atom. The van der Waals surface area contributed by atoms with E-state index in [1.807, 2.05) is 0 Å². The van der Waals surface area contributed by atoms with Crippen LogP contribution in [0.1, 0.15) is 18.1 Å². The van der Waals surface area contributed by atoms with E-state index < -0.39 is 17.1 Å². The van der Waals surface area contributed by atoms with E-state index in [1.54, 1.807) is 42.5 Å². The fourth-order valence-corrected chi connectivity index (χ4v) is 4.00. The van der Waals surface area contributed by atoms with Gasteiger partial charge in [0.05, 0.1) is 18.6 Å². The summed E-state index contributed by atoms with van der Waals surface area (Å²) in [5.41, 5.74) is 1.12. The van der Waals surface area contributed by atoms with Crippen LogP contribution in [-0.4, -0.2) is 29.1 Å². The van der Waals surface area contributed by atoms with Crippen molar-refractivity contribution in [2.24, 2.45) is 0 Å². The van der Waals surface area contributed by atoms with Crippen LogP contribution in [0.25, 0.3) is 6.08 Å². The molecule has 0 spiro atoms. The standard InChI is InChI=1S/C20H15Cl2NO5S/c1-11(24)28-16-7-6-12(8-17(16)27-2)9-18-19(25)23(20(26)29-18)10-13-14(21)4-3-5-15(13)22/h3-9H,10H2,1-2H3/b18-9-. The number of halogens is 2. The van der Waals surface area contributed by atoms with Gasteiger partial charge < -0.3 is 9.47 Å². The van der Waals surface area contributed by atoms with E-state index in [1.165, 1.54) is 14.0 Å². The van der Waals surface area contributed by atoms with Crippen LogP contribution in [-0.2, 0) is 16.1 Å². The molecular weight excluding hydrogens is 437 g/mol. The molecule has 2 amide bonds. The average Bonchev–Trinajstić information content (AvgIpc) is 2.92. The molecule has 0 aliphatic carbocycles. The van der Waals surface area contributed by atoms with Gasteiger partial charge in [0.25, 0.3) is 11.1 Å². The van der Waals surface area contributed by atoms with Crippen molar-refractivity contribution >= 4 is 58.2 Å². The van der Waals surface area contributed by atoms with Crippen LogP contribution in [0, 0.1) is 0 Å². The van der Waals surface area contributed by atoms with Crippen molar-refractivity contribution in [3.05, 3.63) is 62.5 Å². The van der Waals surface area contributed by atoms with Crippen molar-refractivity contribution in [2.75, 3.05) is 7.11 Å². The summed E-state index contributed by atoms with van der Waals surface area (Å²) in [7, 11) is 1.44. The minimum Gasteiger partial charge on any atom is -0.493 e. The van der Waals surface area contributed by atoms with Crippen LogP contribution >= 0.6 is 35.0 Å². The van der Waals surface area contributed by atoms with E-state index in [4.69, 9.17) is 32.7 Å². The molecule has 0 N–H and O–H groups in total. The maximum atomic E-state index is 12.7. The van der Waals surface area contributed by atoms with Crippen molar-refractivity contribution in [3.8, 4) is 11.5 Å². The largest absolute Gasteiger partial charge is 0.493 e. The quantitative estimate of drug-likeness (QED) is 0.354. The number of nitrogens with zero attached hydrogens (tertiary/aromatic N) is 1. The van der Waals surface area contributed by atoms with E-state index >= 15 is 0 Å². The number of methoxy groups -OCH3 is 1. The number of carbonyl (C=O) groups is 3. The van der Waals surface area contributed by atoms with Crippen LogP contribution < -0.4 is 9.47 Å². The molecule has 3 rings (SSSR count). The molecule has 150 valence electrons. The number of imide groups is 1. The molecule has 0 saturated carbocycles. The number of ether oxygens (including phenoxy) is 2. The zero-order valence-corrected chi connectivity index (χ0v) is 17.7. The summed E-state index contributed by atoms with van der Waals surface area (Å²) >= 11 is 13.1. The van der Waals surface area contributed by atoms with E-state index in [9.17, 15) is 14.4 Å². The Balaban J connectivity index is 1.85. The van der Waals surface area contributed by atoms with Gasteiger partial charge in [-0.15, -0.1) is 0 Å². The number of esters is 1. The Morgan fingerprint density at radius 1 is 1.14 bits per heavy atom. The second-order valence-corrected chi connectivity index (χ2v) is 7.78. The van der Waals surface area contributed by atoms with Gasteiger partial charge in [0.15, 0.2) is 11.5 Å². The lowest BCUT2D eigenvalue weighted by molar-refractivity contribution is -0.132. The van der Waals surface area contributed by atoms with Gasteiger partial charge in [0, 0.05) is 22.5 Å². The maximum Gasteiger partial charge on any atom is 0.308 e. The SMILES string of the molecule is COc1cc(/C=C2\SC(=O)N(Cc3c(Cl)cccc3Cl)C2=O)ccc1OC(C)=O. The Hall–Kier alpha value is -2.48. The van der Waals surface area contributed by atoms with Gasteiger partial charge in [0.2, 0.25) is 0 Å². The van der Waals surface area contributed by atoms with Gasteiger partial charge in [-0.3, -0.25) is 19.3 Å². The van der Waals surface area contributed by atoms with Crippen LogP contribution in [0.2, 0.25) is 10.0 Å². The molecule has 29 heavy (non-hydrogen) atoms. The van der Waals surface area contributed by atoms with Gasteiger partial charge in [-0.1, -0.05) is 35.3 Å². The zero-order valence-electron chi connectivity index (χ0n) is 15.4. The van der Waals surface area contributed by atoms with Crippen LogP contribution in [0.3, 0.4) is 0 Å². The lowest BCUT2D eigenvalue weighted by Gasteiger charge is -2.14. The first kappa shape index (κ1) is 21.2. The molecule has 1 fully saturated rings. The Bertz CT molecular complexity index is 1020. The maximum absolute atomic E-state index is 12.7. The summed E-state index contributed by atoms with van der Waals surface area (Å²) in [4.78, 5) is 37.6. The molecule has 0 radical (unpaired) electrons. The summed E-state index contributed by atoms with van der Waals surface area (Å²) in [5.74, 6) is -0.330. The van der Waals surface area contributed by atoms with E-state index in [0.29, 0.717) is 26.9 Å². The van der Waals surface area contributed by atoms with Gasteiger partial charge in [-0.25, -0.2) is 0 Å². The predicted molar refractivity (Wildman–Crippen MR) is 112 cm³/mol. The van der Waals surface area contributed by atoms with Crippen LogP contribution in [0.15, 0.2) is 41.3 Å². The summed E-state index contributed by atoms with van der Waals surface area (Å²) < 4.78 is 10.3. The second kappa shape index (κ2) is 8.90. The van der Waals surface area contributed by atoms with E-state index in [0.717, 1.165) is 16.7 Å². The fraction of sp³-hybridized carbons (Fsp3) is 0.150. The zero-order chi connectivity index (χ0) is 21.1. The molecule has 2 aromatic rings. The van der Waals surface area contributed by atoms with Crippen molar-refractivity contribution in [2.45, 2.75) is 13.5 Å². The highest BCUT2D eigenvalue weighted by Crippen LogP contribution is 2.36. The molecule has 1 saturated heterocycles. The van der Waals surface area contributed by atoms with Crippen LogP contribution in [0.4, 0.5) is 4.79 Å². The number of hydrogen-bond acceptors (Lipinski definition) is 6. The smallest absolute Gasteiger partial charge is 0.308 e. The third kappa shape index (κ3) is 4.75. The Morgan fingerprint density at radius 2 is 1.83 bits per heavy atom. The van der Waals surface area contributed by atoms with Gasteiger partial charge in [-0.05, 0) is 47.7 Å². The van der Waals surface area contributed by atoms with Gasteiger partial charge >= 0.3 is 5.97 Å². The average molecular weight is 452 g/mol. The third-order valence-electron chi connectivity index (χ3n) is 3.99. The van der Waals surface area contributed by atoms with Crippen LogP contribution in [0.5, 0.6) is 11.5 Å². The highest BCUT2D eigenvalue weighted by molar-refractivity contribution is 8.18. The number of benzene rings is 2. The molecule has 1 aliphatic heterocycles. The first-order valence-electron chi connectivity index (χ1n) is 8.35. The van der Waals surface area contributed by atoms with Crippen molar-refractivity contribution in [1.29, 1.82) is 0 Å². The number of carbonyl (C=O) groups excluding carboxylic acids is 3. The summed E-state index contributed by atoms with van der Waals surface area (Å²) in [6.45, 7) is 1.27. The fourth-order valence-electron chi connectivity index (χ4n) is 2.64. The first-order valence-corrected chi connectivity index (χ1v) is 9.92. The molecule has 0 aromatic heterocycles. The predicted octanol–water partition coefficient (Wildman–Crippen LogP) is 5.16. The highest BCUT2D eigenvalue weighted by atomic mass is 35.5. The number of thioether (sulfide) groups is 1. The lowest BCUT2D eigenvalue weighted by atomic mass is 10.1. The van der Waals surface area contributed by atoms with E-state index in [2.05, 4.69) is 0 Å². The Kier molecular flexibility index (Phi) is 6.52. The van der Waals surface area contributed by atoms with Crippen molar-refractivity contribution < 1.29 is 23.9 Å². The lowest BCUT2D eigenvalue weighted by Crippen LogP contribution is -2.27. The second-order valence-electron chi connectivity index (χ2n) is 5.97. The number of hydrogen-bond donors (Lipinski definition) is 0. The molecule has 1 aliphatic rings. The minimum atomic E-state index is -0.476. The number of rotatable bonds is 5. The van der Waals surface area contributed by atoms with Gasteiger partial charge in [-0.2, -0.15) is 0 Å². The Labute approximate surface area is 181 Å². The van der Waals surface area contributed by atoms with Crippen molar-refractivity contribution in [1.82, 2.24) is 4.90 Å². The number of amides is 2. The third-order valence-corrected chi connectivity index (χ3v) is 5.61. The first-order chi connectivity index (χ1) is 13.8. The summed E-state index contributed by atoms with van der Waals surface area (Å²) in [6, 6.07) is 9.80. The summed E-state index contributed by atoms with van der Waals surface area (Å²) in [5, 5.41) is 0.346. The molecule has 0 unspecified atom stereocenters. The molecule has 6 nitrogen and oxygen atoms in total. The van der Waals surface area contributed by atoms with Gasteiger partial charge in [0.1, 0.15) is 0 Å². The summed E-state index contributed by atoms with van der Waals surface area (Å²) in [6.07, 6.45) is 1.57. The highest BCUT2D eigenvalue weighted by Gasteiger charge is 2.35. The van der Waals surface area contributed by atoms with Crippen molar-refractivity contribution in [3.63, 3.8) is 0 Å². The molecule has 0 bridgehead atoms. The van der Waals surface area contributed by atoms with E-state index in [-0.39, 0.29) is 17.2 Å². The molecule has 2 aromatic carbocycles. The normalized spacial score (nSPS) is 15.2. The monoisotopic (exact) mass is 451 g/mol. The molecular formula is C20H15Cl2NO5S. The topological polar surface area (TPSA) is 72.9 Å².